The topological polar surface area (TPSA) is 44.1 Å². The van der Waals surface area contributed by atoms with Gasteiger partial charge in [0.2, 0.25) is 0 Å². The minimum atomic E-state index is -0.0425. The molecule has 4 nitrogen and oxygen atoms in total. The van der Waals surface area contributed by atoms with Crippen molar-refractivity contribution < 1.29 is 4.74 Å². The molecule has 0 spiro atoms. The van der Waals surface area contributed by atoms with E-state index in [1.54, 1.807) is 4.57 Å². The first kappa shape index (κ1) is 16.7. The van der Waals surface area contributed by atoms with Crippen LogP contribution in [0, 0.1) is 0 Å². The van der Waals surface area contributed by atoms with Crippen LogP contribution in [-0.4, -0.2) is 28.0 Å². The molecule has 0 fully saturated rings. The summed E-state index contributed by atoms with van der Waals surface area (Å²) in [6.45, 7) is 4.65. The minimum Gasteiger partial charge on any atom is -0.378 e. The lowest BCUT2D eigenvalue weighted by molar-refractivity contribution is 0.0920. The second kappa shape index (κ2) is 7.64. The van der Waals surface area contributed by atoms with Crippen molar-refractivity contribution in [2.24, 2.45) is 0 Å². The van der Waals surface area contributed by atoms with Gasteiger partial charge in [0.15, 0.2) is 5.16 Å². The van der Waals surface area contributed by atoms with Crippen molar-refractivity contribution in [1.29, 1.82) is 0 Å². The van der Waals surface area contributed by atoms with Crippen molar-refractivity contribution in [3.63, 3.8) is 0 Å². The second-order valence-corrected chi connectivity index (χ2v) is 6.72. The quantitative estimate of drug-likeness (QED) is 0.388. The first-order valence-corrected chi connectivity index (χ1v) is 8.97. The van der Waals surface area contributed by atoms with Gasteiger partial charge in [-0.1, -0.05) is 42.1 Å². The molecule has 3 rings (SSSR count). The lowest BCUT2D eigenvalue weighted by atomic mass is 10.2. The van der Waals surface area contributed by atoms with Crippen molar-refractivity contribution in [3.8, 4) is 5.69 Å². The molecule has 5 heteroatoms. The zero-order chi connectivity index (χ0) is 16.9. The van der Waals surface area contributed by atoms with Crippen LogP contribution in [0.25, 0.3) is 16.6 Å². The number of hydrogen-bond donors (Lipinski definition) is 0. The summed E-state index contributed by atoms with van der Waals surface area (Å²) in [6, 6.07) is 17.1. The van der Waals surface area contributed by atoms with Gasteiger partial charge in [0.25, 0.3) is 5.56 Å². The molecular weight excluding hydrogens is 320 g/mol. The molecule has 0 atom stereocenters. The smallest absolute Gasteiger partial charge is 0.266 e. The van der Waals surface area contributed by atoms with Crippen LogP contribution in [0.3, 0.4) is 0 Å². The Morgan fingerprint density at radius 1 is 1.08 bits per heavy atom. The van der Waals surface area contributed by atoms with Crippen LogP contribution in [0.1, 0.15) is 13.8 Å². The lowest BCUT2D eigenvalue weighted by Crippen LogP contribution is -2.22. The van der Waals surface area contributed by atoms with Crippen LogP contribution in [0.5, 0.6) is 0 Å². The zero-order valence-corrected chi connectivity index (χ0v) is 14.6. The molecule has 0 radical (unpaired) electrons. The maximum atomic E-state index is 13.0. The highest BCUT2D eigenvalue weighted by molar-refractivity contribution is 7.99. The highest BCUT2D eigenvalue weighted by atomic mass is 32.2. The second-order valence-electron chi connectivity index (χ2n) is 5.66. The summed E-state index contributed by atoms with van der Waals surface area (Å²) in [5.74, 6) is 0.746. The van der Waals surface area contributed by atoms with Gasteiger partial charge in [-0.25, -0.2) is 4.98 Å². The highest BCUT2D eigenvalue weighted by Gasteiger charge is 2.12. The fourth-order valence-corrected chi connectivity index (χ4v) is 3.27. The molecule has 0 unspecified atom stereocenters. The monoisotopic (exact) mass is 340 g/mol. The molecule has 2 aromatic carbocycles. The summed E-state index contributed by atoms with van der Waals surface area (Å²) in [6.07, 6.45) is 0.200. The van der Waals surface area contributed by atoms with Crippen molar-refractivity contribution >= 4 is 22.7 Å². The average molecular weight is 340 g/mol. The Kier molecular flexibility index (Phi) is 5.33. The number of aromatic nitrogens is 2. The minimum absolute atomic E-state index is 0.0425. The molecular formula is C19H20N2O2S. The van der Waals surface area contributed by atoms with E-state index < -0.39 is 0 Å². The van der Waals surface area contributed by atoms with E-state index >= 15 is 0 Å². The van der Waals surface area contributed by atoms with E-state index in [-0.39, 0.29) is 11.7 Å². The molecule has 24 heavy (non-hydrogen) atoms. The summed E-state index contributed by atoms with van der Waals surface area (Å²) >= 11 is 1.54. The van der Waals surface area contributed by atoms with E-state index in [1.807, 2.05) is 68.4 Å². The van der Waals surface area contributed by atoms with Crippen LogP contribution >= 0.6 is 11.8 Å². The molecule has 0 aliphatic rings. The summed E-state index contributed by atoms with van der Waals surface area (Å²) < 4.78 is 7.27. The number of thioether (sulfide) groups is 1. The summed E-state index contributed by atoms with van der Waals surface area (Å²) in [5, 5.41) is 1.32. The molecule has 0 saturated carbocycles. The fraction of sp³-hybridized carbons (Fsp3) is 0.263. The van der Waals surface area contributed by atoms with Gasteiger partial charge in [0, 0.05) is 5.75 Å². The van der Waals surface area contributed by atoms with Crippen LogP contribution in [0.2, 0.25) is 0 Å². The van der Waals surface area contributed by atoms with E-state index in [4.69, 9.17) is 9.72 Å². The number of fused-ring (bicyclic) bond motifs is 1. The first-order valence-electron chi connectivity index (χ1n) is 7.98. The van der Waals surface area contributed by atoms with E-state index in [0.29, 0.717) is 17.1 Å². The van der Waals surface area contributed by atoms with Crippen LogP contribution in [0.15, 0.2) is 64.5 Å². The number of hydrogen-bond acceptors (Lipinski definition) is 4. The van der Waals surface area contributed by atoms with Crippen LogP contribution in [-0.2, 0) is 4.74 Å². The molecule has 0 amide bonds. The summed E-state index contributed by atoms with van der Waals surface area (Å²) in [5.41, 5.74) is 1.51. The van der Waals surface area contributed by atoms with E-state index in [2.05, 4.69) is 0 Å². The van der Waals surface area contributed by atoms with Crippen LogP contribution < -0.4 is 5.56 Å². The Morgan fingerprint density at radius 2 is 1.79 bits per heavy atom. The molecule has 1 aromatic heterocycles. The Labute approximate surface area is 145 Å². The number of para-hydroxylation sites is 2. The number of benzene rings is 2. The predicted molar refractivity (Wildman–Crippen MR) is 99.2 cm³/mol. The Morgan fingerprint density at radius 3 is 2.54 bits per heavy atom. The molecule has 0 saturated heterocycles. The molecule has 0 aliphatic heterocycles. The van der Waals surface area contributed by atoms with E-state index in [1.165, 1.54) is 11.8 Å². The average Bonchev–Trinajstić information content (AvgIpc) is 2.59. The van der Waals surface area contributed by atoms with Crippen molar-refractivity contribution in [3.05, 3.63) is 65.0 Å². The molecule has 0 bridgehead atoms. The number of ether oxygens (including phenoxy) is 1. The zero-order valence-electron chi connectivity index (χ0n) is 13.8. The third kappa shape index (κ3) is 3.68. The van der Waals surface area contributed by atoms with Gasteiger partial charge >= 0.3 is 0 Å². The third-order valence-corrected chi connectivity index (χ3v) is 4.43. The van der Waals surface area contributed by atoms with Gasteiger partial charge in [-0.05, 0) is 38.1 Å². The Balaban J connectivity index is 2.03. The highest BCUT2D eigenvalue weighted by Crippen LogP contribution is 2.21. The van der Waals surface area contributed by atoms with Gasteiger partial charge in [0.05, 0.1) is 29.3 Å². The molecule has 0 N–H and O–H groups in total. The molecule has 1 heterocycles. The Hall–Kier alpha value is -2.11. The largest absolute Gasteiger partial charge is 0.378 e. The van der Waals surface area contributed by atoms with Crippen molar-refractivity contribution in [1.82, 2.24) is 9.55 Å². The fourth-order valence-electron chi connectivity index (χ4n) is 2.43. The maximum absolute atomic E-state index is 13.0. The van der Waals surface area contributed by atoms with Crippen molar-refractivity contribution in [2.45, 2.75) is 25.1 Å². The SMILES string of the molecule is CC(C)OCCSc1nc2ccccc2c(=O)n1-c1ccccc1. The standard InChI is InChI=1S/C19H20N2O2S/c1-14(2)23-12-13-24-19-20-17-11-7-6-10-16(17)18(22)21(19)15-8-4-3-5-9-15/h3-11,14H,12-13H2,1-2H3. The maximum Gasteiger partial charge on any atom is 0.266 e. The first-order chi connectivity index (χ1) is 11.7. The normalized spacial score (nSPS) is 11.3. The lowest BCUT2D eigenvalue weighted by Gasteiger charge is -2.13. The van der Waals surface area contributed by atoms with Gasteiger partial charge in [-0.2, -0.15) is 0 Å². The van der Waals surface area contributed by atoms with E-state index in [9.17, 15) is 4.79 Å². The van der Waals surface area contributed by atoms with E-state index in [0.717, 1.165) is 17.0 Å². The number of rotatable bonds is 6. The third-order valence-electron chi connectivity index (χ3n) is 3.53. The molecule has 3 aromatic rings. The van der Waals surface area contributed by atoms with Crippen LogP contribution in [0.4, 0.5) is 0 Å². The summed E-state index contributed by atoms with van der Waals surface area (Å²) in [4.78, 5) is 17.7. The van der Waals surface area contributed by atoms with Gasteiger partial charge in [0.1, 0.15) is 0 Å². The predicted octanol–water partition coefficient (Wildman–Crippen LogP) is 3.90. The molecule has 124 valence electrons. The van der Waals surface area contributed by atoms with Gasteiger partial charge < -0.3 is 4.74 Å². The van der Waals surface area contributed by atoms with Gasteiger partial charge in [-0.15, -0.1) is 0 Å². The van der Waals surface area contributed by atoms with Gasteiger partial charge in [-0.3, -0.25) is 9.36 Å². The Bertz CT molecular complexity index is 875. The number of nitrogens with zero attached hydrogens (tertiary/aromatic N) is 2. The van der Waals surface area contributed by atoms with Crippen molar-refractivity contribution in [2.75, 3.05) is 12.4 Å². The summed E-state index contributed by atoms with van der Waals surface area (Å²) in [7, 11) is 0. The molecule has 0 aliphatic carbocycles.